The zero-order valence-corrected chi connectivity index (χ0v) is 12.8. The van der Waals surface area contributed by atoms with Crippen molar-refractivity contribution in [3.63, 3.8) is 0 Å². The van der Waals surface area contributed by atoms with Crippen molar-refractivity contribution in [1.82, 2.24) is 0 Å². The SMILES string of the molecule is O=C(O)COc1ccc(C=Nc2cc([N+](=O)[O-])ccc2O)cc1Cl. The number of nitrogens with zero attached hydrogens (tertiary/aromatic N) is 2. The van der Waals surface area contributed by atoms with Gasteiger partial charge in [0.1, 0.15) is 17.2 Å². The number of nitro groups is 1. The monoisotopic (exact) mass is 350 g/mol. The van der Waals surface area contributed by atoms with Gasteiger partial charge in [-0.2, -0.15) is 0 Å². The number of rotatable bonds is 6. The lowest BCUT2D eigenvalue weighted by atomic mass is 10.2. The summed E-state index contributed by atoms with van der Waals surface area (Å²) < 4.78 is 4.99. The molecule has 8 nitrogen and oxygen atoms in total. The second kappa shape index (κ2) is 7.42. The number of hydrogen-bond donors (Lipinski definition) is 2. The van der Waals surface area contributed by atoms with Gasteiger partial charge in [-0.1, -0.05) is 11.6 Å². The van der Waals surface area contributed by atoms with Crippen molar-refractivity contribution in [3.05, 3.63) is 57.1 Å². The van der Waals surface area contributed by atoms with E-state index in [-0.39, 0.29) is 27.9 Å². The van der Waals surface area contributed by atoms with E-state index >= 15 is 0 Å². The summed E-state index contributed by atoms with van der Waals surface area (Å²) >= 11 is 5.97. The third-order valence-electron chi connectivity index (χ3n) is 2.83. The van der Waals surface area contributed by atoms with E-state index in [4.69, 9.17) is 21.4 Å². The van der Waals surface area contributed by atoms with Crippen molar-refractivity contribution in [3.8, 4) is 11.5 Å². The van der Waals surface area contributed by atoms with Crippen LogP contribution in [-0.4, -0.2) is 33.9 Å². The fraction of sp³-hybridized carbons (Fsp3) is 0.0667. The van der Waals surface area contributed by atoms with Gasteiger partial charge in [0.05, 0.1) is 9.95 Å². The predicted octanol–water partition coefficient (Wildman–Crippen LogP) is 3.17. The molecule has 2 aromatic carbocycles. The van der Waals surface area contributed by atoms with Crippen LogP contribution in [0.5, 0.6) is 11.5 Å². The summed E-state index contributed by atoms with van der Waals surface area (Å²) in [5.74, 6) is -1.13. The fourth-order valence-electron chi connectivity index (χ4n) is 1.73. The zero-order valence-electron chi connectivity index (χ0n) is 12.0. The third-order valence-corrected chi connectivity index (χ3v) is 3.12. The number of benzene rings is 2. The number of halogens is 1. The fourth-order valence-corrected chi connectivity index (χ4v) is 1.97. The first-order valence-corrected chi connectivity index (χ1v) is 6.90. The lowest BCUT2D eigenvalue weighted by Crippen LogP contribution is -2.09. The molecule has 0 bridgehead atoms. The number of phenolic OH excluding ortho intramolecular Hbond substituents is 1. The van der Waals surface area contributed by atoms with Crippen LogP contribution in [0.4, 0.5) is 11.4 Å². The van der Waals surface area contributed by atoms with Crippen LogP contribution in [0, 0.1) is 10.1 Å². The maximum absolute atomic E-state index is 10.7. The van der Waals surface area contributed by atoms with Crippen molar-refractivity contribution in [1.29, 1.82) is 0 Å². The van der Waals surface area contributed by atoms with Gasteiger partial charge in [0.25, 0.3) is 5.69 Å². The highest BCUT2D eigenvalue weighted by Crippen LogP contribution is 2.31. The van der Waals surface area contributed by atoms with Crippen molar-refractivity contribution in [2.75, 3.05) is 6.61 Å². The highest BCUT2D eigenvalue weighted by molar-refractivity contribution is 6.32. The zero-order chi connectivity index (χ0) is 17.7. The van der Waals surface area contributed by atoms with Crippen LogP contribution in [0.1, 0.15) is 5.56 Å². The number of nitro benzene ring substituents is 1. The Balaban J connectivity index is 2.20. The van der Waals surface area contributed by atoms with E-state index in [2.05, 4.69) is 4.99 Å². The summed E-state index contributed by atoms with van der Waals surface area (Å²) in [5, 5.41) is 29.1. The molecule has 0 fully saturated rings. The van der Waals surface area contributed by atoms with Gasteiger partial charge in [-0.3, -0.25) is 15.1 Å². The Kier molecular flexibility index (Phi) is 5.33. The average Bonchev–Trinajstić information content (AvgIpc) is 2.52. The van der Waals surface area contributed by atoms with Crippen molar-refractivity contribution >= 4 is 35.2 Å². The van der Waals surface area contributed by atoms with Crippen LogP contribution in [-0.2, 0) is 4.79 Å². The Labute approximate surface area is 140 Å². The van der Waals surface area contributed by atoms with Gasteiger partial charge in [0.15, 0.2) is 6.61 Å². The van der Waals surface area contributed by atoms with Crippen molar-refractivity contribution in [2.24, 2.45) is 4.99 Å². The molecule has 2 rings (SSSR count). The molecule has 2 aromatic rings. The quantitative estimate of drug-likeness (QED) is 0.468. The van der Waals surface area contributed by atoms with Crippen LogP contribution < -0.4 is 4.74 Å². The number of ether oxygens (including phenoxy) is 1. The lowest BCUT2D eigenvalue weighted by Gasteiger charge is -2.06. The van der Waals surface area contributed by atoms with Gasteiger partial charge in [-0.05, 0) is 29.8 Å². The molecule has 0 saturated carbocycles. The van der Waals surface area contributed by atoms with Gasteiger partial charge < -0.3 is 14.9 Å². The molecule has 0 saturated heterocycles. The molecule has 0 spiro atoms. The second-order valence-corrected chi connectivity index (χ2v) is 4.97. The Morgan fingerprint density at radius 3 is 2.71 bits per heavy atom. The van der Waals surface area contributed by atoms with Crippen molar-refractivity contribution in [2.45, 2.75) is 0 Å². The third kappa shape index (κ3) is 4.43. The first-order valence-electron chi connectivity index (χ1n) is 6.52. The molecule has 2 N–H and O–H groups in total. The predicted molar refractivity (Wildman–Crippen MR) is 86.6 cm³/mol. The summed E-state index contributed by atoms with van der Waals surface area (Å²) in [6.07, 6.45) is 1.35. The Morgan fingerprint density at radius 2 is 2.08 bits per heavy atom. The number of aliphatic carboxylic acids is 1. The van der Waals surface area contributed by atoms with E-state index in [0.717, 1.165) is 6.07 Å². The van der Waals surface area contributed by atoms with Gasteiger partial charge in [-0.15, -0.1) is 0 Å². The number of carboxylic acids is 1. The molecule has 0 heterocycles. The van der Waals surface area contributed by atoms with E-state index in [1.54, 1.807) is 6.07 Å². The molecule has 24 heavy (non-hydrogen) atoms. The van der Waals surface area contributed by atoms with Crippen molar-refractivity contribution < 1.29 is 24.7 Å². The maximum atomic E-state index is 10.7. The molecule has 9 heteroatoms. The number of non-ortho nitro benzene ring substituents is 1. The summed E-state index contributed by atoms with van der Waals surface area (Å²) in [5.41, 5.74) is 0.371. The van der Waals surface area contributed by atoms with Crippen LogP contribution in [0.2, 0.25) is 5.02 Å². The number of carbonyl (C=O) groups is 1. The number of carboxylic acid groups (broad SMARTS) is 1. The molecule has 0 aliphatic heterocycles. The normalized spacial score (nSPS) is 10.7. The summed E-state index contributed by atoms with van der Waals surface area (Å²) in [6, 6.07) is 8.01. The molecule has 0 amide bonds. The van der Waals surface area contributed by atoms with Gasteiger partial charge in [-0.25, -0.2) is 4.79 Å². The van der Waals surface area contributed by atoms with Crippen LogP contribution in [0.15, 0.2) is 41.4 Å². The molecular weight excluding hydrogens is 340 g/mol. The van der Waals surface area contributed by atoms with Crippen LogP contribution in [0.3, 0.4) is 0 Å². The Bertz CT molecular complexity index is 822. The number of aliphatic imine (C=N–C) groups is 1. The number of aromatic hydroxyl groups is 1. The van der Waals surface area contributed by atoms with E-state index in [9.17, 15) is 20.0 Å². The lowest BCUT2D eigenvalue weighted by molar-refractivity contribution is -0.384. The van der Waals surface area contributed by atoms with E-state index in [1.165, 1.54) is 30.5 Å². The van der Waals surface area contributed by atoms with E-state index in [0.29, 0.717) is 5.56 Å². The van der Waals surface area contributed by atoms with Gasteiger partial charge in [0.2, 0.25) is 0 Å². The summed E-state index contributed by atoms with van der Waals surface area (Å²) in [7, 11) is 0. The first kappa shape index (κ1) is 17.2. The highest BCUT2D eigenvalue weighted by Gasteiger charge is 2.09. The standard InChI is InChI=1S/C15H11ClN2O6/c16-11-5-9(1-4-14(11)24-8-15(20)21)7-17-12-6-10(18(22)23)2-3-13(12)19/h1-7,19H,8H2,(H,20,21). The number of phenols is 1. The largest absolute Gasteiger partial charge is 0.506 e. The molecule has 124 valence electrons. The second-order valence-electron chi connectivity index (χ2n) is 4.56. The minimum atomic E-state index is -1.13. The van der Waals surface area contributed by atoms with Crippen LogP contribution in [0.25, 0.3) is 0 Å². The summed E-state index contributed by atoms with van der Waals surface area (Å²) in [4.78, 5) is 24.6. The highest BCUT2D eigenvalue weighted by atomic mass is 35.5. The Morgan fingerprint density at radius 1 is 1.33 bits per heavy atom. The molecule has 0 aliphatic carbocycles. The van der Waals surface area contributed by atoms with Gasteiger partial charge in [0, 0.05) is 18.3 Å². The van der Waals surface area contributed by atoms with Crippen LogP contribution >= 0.6 is 11.6 Å². The molecule has 0 aliphatic rings. The Hall–Kier alpha value is -3.13. The maximum Gasteiger partial charge on any atom is 0.341 e. The topological polar surface area (TPSA) is 122 Å². The minimum Gasteiger partial charge on any atom is -0.506 e. The van der Waals surface area contributed by atoms with E-state index < -0.39 is 17.5 Å². The van der Waals surface area contributed by atoms with E-state index in [1.807, 2.05) is 0 Å². The molecule has 0 unspecified atom stereocenters. The van der Waals surface area contributed by atoms with Gasteiger partial charge >= 0.3 is 5.97 Å². The molecular formula is C15H11ClN2O6. The molecule has 0 aromatic heterocycles. The molecule has 0 atom stereocenters. The number of hydrogen-bond acceptors (Lipinski definition) is 6. The smallest absolute Gasteiger partial charge is 0.341 e. The average molecular weight is 351 g/mol. The summed E-state index contributed by atoms with van der Waals surface area (Å²) in [6.45, 7) is -0.519. The first-order chi connectivity index (χ1) is 11.4. The minimum absolute atomic E-state index is 0.0338. The molecule has 0 radical (unpaired) electrons.